The second kappa shape index (κ2) is 23.3. The van der Waals surface area contributed by atoms with Crippen molar-refractivity contribution in [1.29, 1.82) is 0 Å². The highest BCUT2D eigenvalue weighted by Crippen LogP contribution is 1.79. The van der Waals surface area contributed by atoms with Crippen LogP contribution in [0.15, 0.2) is 0 Å². The molecule has 0 aliphatic carbocycles. The summed E-state index contributed by atoms with van der Waals surface area (Å²) in [5, 5.41) is 24.7. The number of rotatable bonds is 5. The highest BCUT2D eigenvalue weighted by molar-refractivity contribution is 5.63. The van der Waals surface area contributed by atoms with Gasteiger partial charge in [-0.15, -0.1) is 0 Å². The van der Waals surface area contributed by atoms with Crippen LogP contribution in [0.3, 0.4) is 0 Å². The summed E-state index contributed by atoms with van der Waals surface area (Å²) in [6.45, 7) is 7.22. The maximum Gasteiger partial charge on any atom is 0.0662 e. The molecule has 0 saturated carbocycles. The van der Waals surface area contributed by atoms with Gasteiger partial charge in [-0.2, -0.15) is 0 Å². The van der Waals surface area contributed by atoms with E-state index < -0.39 is 5.97 Å². The maximum atomic E-state index is 9.49. The maximum absolute atomic E-state index is 9.49. The zero-order valence-corrected chi connectivity index (χ0v) is 9.86. The van der Waals surface area contributed by atoms with E-state index in [2.05, 4.69) is 0 Å². The predicted molar refractivity (Wildman–Crippen MR) is 56.3 cm³/mol. The van der Waals surface area contributed by atoms with Crippen LogP contribution >= 0.6 is 0 Å². The molecule has 5 heteroatoms. The molecular formula is C10H23O5-. The monoisotopic (exact) mass is 223 g/mol. The fraction of sp³-hybridized carbons (Fsp3) is 0.900. The summed E-state index contributed by atoms with van der Waals surface area (Å²) in [7, 11) is 0. The third-order valence-corrected chi connectivity index (χ3v) is 0.962. The van der Waals surface area contributed by atoms with Gasteiger partial charge < -0.3 is 24.9 Å². The summed E-state index contributed by atoms with van der Waals surface area (Å²) in [4.78, 5) is 9.49. The molecule has 15 heavy (non-hydrogen) atoms. The molecule has 0 spiro atoms. The van der Waals surface area contributed by atoms with E-state index in [1.165, 1.54) is 0 Å². The van der Waals surface area contributed by atoms with Crippen LogP contribution in [0.5, 0.6) is 0 Å². The van der Waals surface area contributed by atoms with Crippen molar-refractivity contribution in [3.63, 3.8) is 0 Å². The van der Waals surface area contributed by atoms with Crippen molar-refractivity contribution in [1.82, 2.24) is 0 Å². The lowest BCUT2D eigenvalue weighted by Crippen LogP contribution is -2.20. The smallest absolute Gasteiger partial charge is 0.0662 e. The summed E-state index contributed by atoms with van der Waals surface area (Å²) in [6, 6.07) is 0. The van der Waals surface area contributed by atoms with Gasteiger partial charge in [0.2, 0.25) is 0 Å². The Balaban J connectivity index is -0.000000147. The summed E-state index contributed by atoms with van der Waals surface area (Å²) < 4.78 is 4.83. The Bertz CT molecular complexity index is 102. The van der Waals surface area contributed by atoms with E-state index in [4.69, 9.17) is 14.9 Å². The van der Waals surface area contributed by atoms with Crippen LogP contribution in [-0.2, 0) is 9.53 Å². The number of hydrogen-bond donors (Lipinski definition) is 2. The molecular weight excluding hydrogens is 200 g/mol. The Labute approximate surface area is 91.7 Å². The molecule has 0 aliphatic heterocycles. The molecule has 5 nitrogen and oxygen atoms in total. The molecule has 0 unspecified atom stereocenters. The molecule has 0 rings (SSSR count). The van der Waals surface area contributed by atoms with Crippen LogP contribution in [0.25, 0.3) is 0 Å². The van der Waals surface area contributed by atoms with Gasteiger partial charge in [-0.1, -0.05) is 13.3 Å². The van der Waals surface area contributed by atoms with E-state index in [0.29, 0.717) is 6.42 Å². The van der Waals surface area contributed by atoms with Crippen molar-refractivity contribution in [3.05, 3.63) is 0 Å². The molecule has 2 N–H and O–H groups in total. The van der Waals surface area contributed by atoms with Crippen LogP contribution in [0.4, 0.5) is 0 Å². The molecule has 0 bridgehead atoms. The van der Waals surface area contributed by atoms with Crippen molar-refractivity contribution >= 4 is 5.97 Å². The lowest BCUT2D eigenvalue weighted by atomic mass is 10.4. The lowest BCUT2D eigenvalue weighted by molar-refractivity contribution is -0.305. The molecule has 0 radical (unpaired) electrons. The first kappa shape index (κ1) is 19.9. The van der Waals surface area contributed by atoms with Gasteiger partial charge in [-0.25, -0.2) is 0 Å². The minimum absolute atomic E-state index is 0.125. The fourth-order valence-electron chi connectivity index (χ4n) is 0.408. The van der Waals surface area contributed by atoms with Crippen LogP contribution in [0.1, 0.15) is 33.6 Å². The first-order valence-corrected chi connectivity index (χ1v) is 5.09. The number of ether oxygens (including phenoxy) is 1. The van der Waals surface area contributed by atoms with Crippen LogP contribution in [0.2, 0.25) is 0 Å². The van der Waals surface area contributed by atoms with Gasteiger partial charge in [0, 0.05) is 19.2 Å². The molecule has 0 saturated heterocycles. The number of carboxylic acid groups (broad SMARTS) is 1. The van der Waals surface area contributed by atoms with Gasteiger partial charge in [0.05, 0.1) is 13.2 Å². The highest BCUT2D eigenvalue weighted by atomic mass is 16.5. The summed E-state index contributed by atoms with van der Waals surface area (Å²) in [5.74, 6) is -0.961. The molecule has 0 fully saturated rings. The molecule has 94 valence electrons. The van der Waals surface area contributed by atoms with Crippen LogP contribution in [0, 0.1) is 0 Å². The third-order valence-electron chi connectivity index (χ3n) is 0.962. The van der Waals surface area contributed by atoms with Gasteiger partial charge in [0.25, 0.3) is 0 Å². The quantitative estimate of drug-likeness (QED) is 0.659. The first-order valence-electron chi connectivity index (χ1n) is 5.09. The number of aliphatic hydroxyl groups is 2. The number of aliphatic hydroxyl groups excluding tert-OH is 2. The van der Waals surface area contributed by atoms with Crippen molar-refractivity contribution in [2.45, 2.75) is 33.6 Å². The Morgan fingerprint density at radius 2 is 1.53 bits per heavy atom. The van der Waals surface area contributed by atoms with E-state index in [-0.39, 0.29) is 19.6 Å². The van der Waals surface area contributed by atoms with Crippen molar-refractivity contribution in [3.8, 4) is 0 Å². The number of hydrogen-bond acceptors (Lipinski definition) is 5. The van der Waals surface area contributed by atoms with Gasteiger partial charge in [0.1, 0.15) is 0 Å². The average molecular weight is 223 g/mol. The van der Waals surface area contributed by atoms with Crippen LogP contribution in [-0.4, -0.2) is 42.6 Å². The summed E-state index contributed by atoms with van der Waals surface area (Å²) in [6.07, 6.45) is 0.850. The van der Waals surface area contributed by atoms with Gasteiger partial charge >= 0.3 is 0 Å². The van der Waals surface area contributed by atoms with Crippen LogP contribution < -0.4 is 5.11 Å². The topological polar surface area (TPSA) is 89.8 Å². The largest absolute Gasteiger partial charge is 0.550 e. The second-order valence-electron chi connectivity index (χ2n) is 2.35. The zero-order chi connectivity index (χ0) is 12.5. The van der Waals surface area contributed by atoms with E-state index in [0.717, 1.165) is 13.2 Å². The Kier molecular flexibility index (Phi) is 30.8. The van der Waals surface area contributed by atoms with E-state index in [9.17, 15) is 9.90 Å². The first-order chi connectivity index (χ1) is 7.10. The fourth-order valence-corrected chi connectivity index (χ4v) is 0.408. The molecule has 0 atom stereocenters. The summed E-state index contributed by atoms with van der Waals surface area (Å²) >= 11 is 0. The summed E-state index contributed by atoms with van der Waals surface area (Å²) in [5.41, 5.74) is 0. The van der Waals surface area contributed by atoms with E-state index in [1.807, 2.05) is 13.8 Å². The van der Waals surface area contributed by atoms with Gasteiger partial charge in [-0.3, -0.25) is 0 Å². The minimum atomic E-state index is -0.961. The Morgan fingerprint density at radius 3 is 1.53 bits per heavy atom. The molecule has 0 aromatic rings. The van der Waals surface area contributed by atoms with Crippen molar-refractivity contribution in [2.75, 3.05) is 26.4 Å². The average Bonchev–Trinajstić information content (AvgIpc) is 2.20. The van der Waals surface area contributed by atoms with Gasteiger partial charge in [0.15, 0.2) is 0 Å². The molecule has 0 aliphatic rings. The minimum Gasteiger partial charge on any atom is -0.550 e. The Hall–Kier alpha value is -0.650. The number of carbonyl (C=O) groups is 1. The molecule has 0 aromatic heterocycles. The lowest BCUT2D eigenvalue weighted by Gasteiger charge is -1.92. The van der Waals surface area contributed by atoms with E-state index in [1.54, 1.807) is 6.92 Å². The number of carboxylic acids is 1. The number of aliphatic carboxylic acids is 1. The standard InChI is InChI=1S/C4H8O2.C4H10O.C2H6O2/c1-2-3-4(5)6;1-3-5-4-2;3-1-2-4/h2-3H2,1H3,(H,5,6);3-4H2,1-2H3;3-4H,1-2H2/p-1. The third kappa shape index (κ3) is 60.1. The molecule has 0 aromatic carbocycles. The van der Waals surface area contributed by atoms with Gasteiger partial charge in [-0.05, 0) is 20.3 Å². The molecule has 0 heterocycles. The highest BCUT2D eigenvalue weighted by Gasteiger charge is 1.75. The predicted octanol–water partition coefficient (Wildman–Crippen LogP) is -0.450. The SMILES string of the molecule is CCCC(=O)[O-].CCOCC.OCCO. The van der Waals surface area contributed by atoms with Crippen molar-refractivity contribution < 1.29 is 24.9 Å². The normalized spacial score (nSPS) is 8.07. The Morgan fingerprint density at radius 1 is 1.13 bits per heavy atom. The zero-order valence-electron chi connectivity index (χ0n) is 9.86. The second-order valence-corrected chi connectivity index (χ2v) is 2.35. The van der Waals surface area contributed by atoms with E-state index >= 15 is 0 Å². The molecule has 0 amide bonds. The van der Waals surface area contributed by atoms with Crippen molar-refractivity contribution in [2.24, 2.45) is 0 Å². The number of carbonyl (C=O) groups excluding carboxylic acids is 1.